The second kappa shape index (κ2) is 7.04. The molecule has 0 amide bonds. The van der Waals surface area contributed by atoms with Crippen molar-refractivity contribution < 1.29 is 0 Å². The van der Waals surface area contributed by atoms with E-state index in [1.165, 1.54) is 4.70 Å². The van der Waals surface area contributed by atoms with Crippen LogP contribution < -0.4 is 5.32 Å². The third kappa shape index (κ3) is 3.64. The normalized spacial score (nSPS) is 11.0. The van der Waals surface area contributed by atoms with Gasteiger partial charge in [-0.15, -0.1) is 11.3 Å². The quantitative estimate of drug-likeness (QED) is 0.414. The number of benzene rings is 3. The van der Waals surface area contributed by atoms with Crippen LogP contribution in [0.15, 0.2) is 66.7 Å². The van der Waals surface area contributed by atoms with Gasteiger partial charge in [0, 0.05) is 27.8 Å². The molecule has 5 heteroatoms. The van der Waals surface area contributed by atoms with E-state index in [4.69, 9.17) is 28.2 Å². The first-order valence-electron chi connectivity index (χ1n) is 7.83. The summed E-state index contributed by atoms with van der Waals surface area (Å²) in [6.45, 7) is 0.638. The molecule has 0 atom stereocenters. The Morgan fingerprint density at radius 1 is 0.920 bits per heavy atom. The molecule has 1 N–H and O–H groups in total. The topological polar surface area (TPSA) is 24.9 Å². The molecule has 124 valence electrons. The minimum atomic E-state index is 0.638. The highest BCUT2D eigenvalue weighted by molar-refractivity contribution is 7.21. The fourth-order valence-electron chi connectivity index (χ4n) is 2.62. The van der Waals surface area contributed by atoms with E-state index in [1.54, 1.807) is 17.4 Å². The van der Waals surface area contributed by atoms with Crippen molar-refractivity contribution in [2.24, 2.45) is 0 Å². The Kier molecular flexibility index (Phi) is 4.62. The molecule has 0 spiro atoms. The zero-order chi connectivity index (χ0) is 17.2. The predicted molar refractivity (Wildman–Crippen MR) is 109 cm³/mol. The average molecular weight is 385 g/mol. The van der Waals surface area contributed by atoms with Crippen LogP contribution in [-0.4, -0.2) is 4.98 Å². The third-order valence-electron chi connectivity index (χ3n) is 3.90. The molecule has 3 aromatic carbocycles. The summed E-state index contributed by atoms with van der Waals surface area (Å²) in [5, 5.41) is 5.75. The highest BCUT2D eigenvalue weighted by Crippen LogP contribution is 2.31. The lowest BCUT2D eigenvalue weighted by molar-refractivity contribution is 1.15. The second-order valence-corrected chi connectivity index (χ2v) is 7.53. The number of fused-ring (bicyclic) bond motifs is 1. The molecular formula is C20H14Cl2N2S. The molecule has 0 aliphatic heterocycles. The number of nitrogens with zero attached hydrogens (tertiary/aromatic N) is 1. The zero-order valence-corrected chi connectivity index (χ0v) is 15.5. The molecule has 0 unspecified atom stereocenters. The second-order valence-electron chi connectivity index (χ2n) is 5.66. The number of anilines is 1. The number of para-hydroxylation sites is 1. The number of halogens is 2. The number of hydrogen-bond donors (Lipinski definition) is 1. The summed E-state index contributed by atoms with van der Waals surface area (Å²) in [4.78, 5) is 4.72. The third-order valence-corrected chi connectivity index (χ3v) is 5.57. The van der Waals surface area contributed by atoms with Crippen molar-refractivity contribution in [2.45, 2.75) is 6.54 Å². The van der Waals surface area contributed by atoms with E-state index in [2.05, 4.69) is 23.5 Å². The number of nitrogens with one attached hydrogen (secondary N) is 1. The van der Waals surface area contributed by atoms with Crippen LogP contribution in [0.25, 0.3) is 20.8 Å². The zero-order valence-electron chi connectivity index (χ0n) is 13.2. The molecule has 1 heterocycles. The highest BCUT2D eigenvalue weighted by Gasteiger charge is 2.07. The van der Waals surface area contributed by atoms with Crippen molar-refractivity contribution in [3.05, 3.63) is 82.3 Å². The van der Waals surface area contributed by atoms with Crippen LogP contribution in [0.1, 0.15) is 5.56 Å². The molecule has 4 rings (SSSR count). The van der Waals surface area contributed by atoms with Crippen molar-refractivity contribution in [1.29, 1.82) is 0 Å². The van der Waals surface area contributed by atoms with Crippen molar-refractivity contribution in [3.63, 3.8) is 0 Å². The van der Waals surface area contributed by atoms with E-state index < -0.39 is 0 Å². The van der Waals surface area contributed by atoms with Gasteiger partial charge in [0.15, 0.2) is 0 Å². The Labute approximate surface area is 160 Å². The molecule has 0 radical (unpaired) electrons. The summed E-state index contributed by atoms with van der Waals surface area (Å²) in [7, 11) is 0. The number of rotatable bonds is 4. The van der Waals surface area contributed by atoms with Gasteiger partial charge >= 0.3 is 0 Å². The van der Waals surface area contributed by atoms with Crippen molar-refractivity contribution in [2.75, 3.05) is 5.32 Å². The van der Waals surface area contributed by atoms with Gasteiger partial charge < -0.3 is 5.32 Å². The van der Waals surface area contributed by atoms with E-state index in [-0.39, 0.29) is 0 Å². The maximum Gasteiger partial charge on any atom is 0.124 e. The van der Waals surface area contributed by atoms with Crippen LogP contribution >= 0.6 is 34.5 Å². The van der Waals surface area contributed by atoms with E-state index in [0.717, 1.165) is 27.3 Å². The molecule has 0 bridgehead atoms. The summed E-state index contributed by atoms with van der Waals surface area (Å²) in [5.41, 5.74) is 4.18. The lowest BCUT2D eigenvalue weighted by atomic mass is 10.2. The first-order chi connectivity index (χ1) is 12.2. The summed E-state index contributed by atoms with van der Waals surface area (Å²) in [6.07, 6.45) is 0. The van der Waals surface area contributed by atoms with Crippen molar-refractivity contribution in [3.8, 4) is 10.6 Å². The Balaban J connectivity index is 1.56. The molecule has 0 aliphatic rings. The fraction of sp³-hybridized carbons (Fsp3) is 0.0500. The van der Waals surface area contributed by atoms with Gasteiger partial charge in [0.2, 0.25) is 0 Å². The Bertz CT molecular complexity index is 1010. The molecule has 0 saturated carbocycles. The van der Waals surface area contributed by atoms with Gasteiger partial charge in [0.25, 0.3) is 0 Å². The predicted octanol–water partition coefficient (Wildman–Crippen LogP) is 6.88. The number of hydrogen-bond acceptors (Lipinski definition) is 3. The average Bonchev–Trinajstić information content (AvgIpc) is 3.05. The molecule has 0 saturated heterocycles. The molecule has 4 aromatic rings. The van der Waals surface area contributed by atoms with Crippen LogP contribution in [0.5, 0.6) is 0 Å². The molecule has 25 heavy (non-hydrogen) atoms. The molecular weight excluding hydrogens is 371 g/mol. The lowest BCUT2D eigenvalue weighted by Crippen LogP contribution is -2.00. The summed E-state index contributed by atoms with van der Waals surface area (Å²) in [5.74, 6) is 0. The standard InChI is InChI=1S/C20H14Cl2N2S/c21-15-9-8-14(17(22)11-15)12-23-16-5-3-4-13(10-16)20-24-18-6-1-2-7-19(18)25-20/h1-11,23H,12H2. The lowest BCUT2D eigenvalue weighted by Gasteiger charge is -2.09. The monoisotopic (exact) mass is 384 g/mol. The molecule has 1 aromatic heterocycles. The van der Waals surface area contributed by atoms with Crippen LogP contribution in [-0.2, 0) is 6.54 Å². The first-order valence-corrected chi connectivity index (χ1v) is 9.40. The summed E-state index contributed by atoms with van der Waals surface area (Å²) >= 11 is 13.9. The van der Waals surface area contributed by atoms with Crippen LogP contribution in [0.3, 0.4) is 0 Å². The maximum atomic E-state index is 6.24. The Morgan fingerprint density at radius 2 is 1.80 bits per heavy atom. The Morgan fingerprint density at radius 3 is 2.64 bits per heavy atom. The van der Waals surface area contributed by atoms with Crippen molar-refractivity contribution >= 4 is 50.4 Å². The van der Waals surface area contributed by atoms with Gasteiger partial charge in [0.05, 0.1) is 10.2 Å². The van der Waals surface area contributed by atoms with Gasteiger partial charge in [-0.1, -0.05) is 53.5 Å². The van der Waals surface area contributed by atoms with Crippen molar-refractivity contribution in [1.82, 2.24) is 4.98 Å². The van der Waals surface area contributed by atoms with E-state index in [9.17, 15) is 0 Å². The van der Waals surface area contributed by atoms with Gasteiger partial charge in [0.1, 0.15) is 5.01 Å². The molecule has 2 nitrogen and oxygen atoms in total. The minimum absolute atomic E-state index is 0.638. The van der Waals surface area contributed by atoms with E-state index in [0.29, 0.717) is 16.6 Å². The van der Waals surface area contributed by atoms with Gasteiger partial charge in [-0.25, -0.2) is 4.98 Å². The molecule has 0 aliphatic carbocycles. The van der Waals surface area contributed by atoms with Crippen LogP contribution in [0.4, 0.5) is 5.69 Å². The van der Waals surface area contributed by atoms with Gasteiger partial charge in [-0.3, -0.25) is 0 Å². The minimum Gasteiger partial charge on any atom is -0.381 e. The highest BCUT2D eigenvalue weighted by atomic mass is 35.5. The summed E-state index contributed by atoms with van der Waals surface area (Å²) in [6, 6.07) is 22.0. The van der Waals surface area contributed by atoms with Gasteiger partial charge in [-0.05, 0) is 42.0 Å². The van der Waals surface area contributed by atoms with Gasteiger partial charge in [-0.2, -0.15) is 0 Å². The first kappa shape index (κ1) is 16.4. The number of aromatic nitrogens is 1. The number of thiazole rings is 1. The van der Waals surface area contributed by atoms with Crippen LogP contribution in [0, 0.1) is 0 Å². The smallest absolute Gasteiger partial charge is 0.124 e. The maximum absolute atomic E-state index is 6.24. The van der Waals surface area contributed by atoms with E-state index >= 15 is 0 Å². The largest absolute Gasteiger partial charge is 0.381 e. The molecule has 0 fully saturated rings. The Hall–Kier alpha value is -2.07. The van der Waals surface area contributed by atoms with E-state index in [1.807, 2.05) is 42.5 Å². The summed E-state index contributed by atoms with van der Waals surface area (Å²) < 4.78 is 1.20. The van der Waals surface area contributed by atoms with Crippen LogP contribution in [0.2, 0.25) is 10.0 Å². The SMILES string of the molecule is Clc1ccc(CNc2cccc(-c3nc4ccccc4s3)c2)c(Cl)c1. The fourth-order valence-corrected chi connectivity index (χ4v) is 4.06.